The molecule has 1 saturated carbocycles. The molecule has 158 valence electrons. The van der Waals surface area contributed by atoms with Crippen LogP contribution in [0.25, 0.3) is 0 Å². The van der Waals surface area contributed by atoms with Crippen molar-refractivity contribution in [3.05, 3.63) is 41.6 Å². The van der Waals surface area contributed by atoms with Crippen LogP contribution in [0.15, 0.2) is 35.6 Å². The molecule has 2 fully saturated rings. The number of rotatable bonds is 5. The molecule has 1 atom stereocenters. The Labute approximate surface area is 181 Å². The average Bonchev–Trinajstić information content (AvgIpc) is 3.22. The molecule has 2 heterocycles. The Kier molecular flexibility index (Phi) is 8.83. The number of anilines is 2. The number of hydrogen-bond donors (Lipinski definition) is 3. The Morgan fingerprint density at radius 3 is 2.66 bits per heavy atom. The first kappa shape index (κ1) is 22.1. The first-order chi connectivity index (χ1) is 14.1. The SMILES string of the molecule is CC1CCNC1.Fc1cc(NC2CCCCC2)c(Cl)cc1SNc1ccncn1. The van der Waals surface area contributed by atoms with Gasteiger partial charge in [0.1, 0.15) is 18.0 Å². The van der Waals surface area contributed by atoms with Crippen molar-refractivity contribution < 1.29 is 4.39 Å². The summed E-state index contributed by atoms with van der Waals surface area (Å²) in [6.45, 7) is 4.75. The van der Waals surface area contributed by atoms with Crippen molar-refractivity contribution in [2.45, 2.75) is 56.4 Å². The molecule has 0 spiro atoms. The minimum Gasteiger partial charge on any atom is -0.381 e. The molecule has 1 unspecified atom stereocenters. The zero-order chi connectivity index (χ0) is 20.5. The zero-order valence-electron chi connectivity index (χ0n) is 16.8. The van der Waals surface area contributed by atoms with Gasteiger partial charge in [-0.3, -0.25) is 0 Å². The minimum atomic E-state index is -0.306. The summed E-state index contributed by atoms with van der Waals surface area (Å²) in [5.41, 5.74) is 0.669. The summed E-state index contributed by atoms with van der Waals surface area (Å²) >= 11 is 7.45. The molecule has 2 aliphatic rings. The molecule has 1 aliphatic heterocycles. The van der Waals surface area contributed by atoms with Crippen molar-refractivity contribution >= 4 is 35.1 Å². The van der Waals surface area contributed by atoms with E-state index in [0.717, 1.165) is 30.7 Å². The minimum absolute atomic E-state index is 0.306. The summed E-state index contributed by atoms with van der Waals surface area (Å²) in [5, 5.41) is 7.17. The molecule has 5 nitrogen and oxygen atoms in total. The van der Waals surface area contributed by atoms with Gasteiger partial charge in [-0.25, -0.2) is 14.4 Å². The molecule has 1 aromatic carbocycles. The summed E-state index contributed by atoms with van der Waals surface area (Å²) in [6.07, 6.45) is 10.4. The monoisotopic (exact) mass is 437 g/mol. The molecule has 29 heavy (non-hydrogen) atoms. The zero-order valence-corrected chi connectivity index (χ0v) is 18.3. The maximum atomic E-state index is 14.3. The maximum absolute atomic E-state index is 14.3. The van der Waals surface area contributed by atoms with Crippen LogP contribution in [0.2, 0.25) is 5.02 Å². The van der Waals surface area contributed by atoms with E-state index in [2.05, 4.69) is 32.2 Å². The van der Waals surface area contributed by atoms with Crippen LogP contribution in [0, 0.1) is 11.7 Å². The lowest BCUT2D eigenvalue weighted by Gasteiger charge is -2.24. The fourth-order valence-electron chi connectivity index (χ4n) is 3.44. The molecule has 4 rings (SSSR count). The molecule has 3 N–H and O–H groups in total. The third kappa shape index (κ3) is 7.32. The van der Waals surface area contributed by atoms with Gasteiger partial charge in [0.25, 0.3) is 0 Å². The van der Waals surface area contributed by atoms with Crippen LogP contribution in [0.3, 0.4) is 0 Å². The molecule has 1 saturated heterocycles. The van der Waals surface area contributed by atoms with Gasteiger partial charge in [-0.2, -0.15) is 0 Å². The Hall–Kier alpha value is -1.57. The van der Waals surface area contributed by atoms with Crippen LogP contribution >= 0.6 is 23.5 Å². The number of aromatic nitrogens is 2. The molecule has 8 heteroatoms. The van der Waals surface area contributed by atoms with E-state index < -0.39 is 0 Å². The van der Waals surface area contributed by atoms with E-state index in [1.165, 1.54) is 51.2 Å². The standard InChI is InChI=1S/C16H18ClFN4S.C5H11N/c17-12-8-15(23-22-16-6-7-19-10-20-16)13(18)9-14(12)21-11-4-2-1-3-5-11;1-5-2-3-6-4-5/h6-11,21H,1-5H2,(H,19,20,22);5-6H,2-4H2,1H3. The second kappa shape index (κ2) is 11.6. The Morgan fingerprint density at radius 2 is 2.03 bits per heavy atom. The fraction of sp³-hybridized carbons (Fsp3) is 0.524. The largest absolute Gasteiger partial charge is 0.381 e. The van der Waals surface area contributed by atoms with Crippen molar-refractivity contribution in [1.29, 1.82) is 0 Å². The number of hydrogen-bond acceptors (Lipinski definition) is 6. The lowest BCUT2D eigenvalue weighted by Crippen LogP contribution is -2.22. The summed E-state index contributed by atoms with van der Waals surface area (Å²) in [6, 6.07) is 5.21. The fourth-order valence-corrected chi connectivity index (χ4v) is 4.39. The molecule has 0 amide bonds. The van der Waals surface area contributed by atoms with Crippen LogP contribution in [0.1, 0.15) is 45.4 Å². The predicted molar refractivity (Wildman–Crippen MR) is 120 cm³/mol. The van der Waals surface area contributed by atoms with Crippen LogP contribution in [0.4, 0.5) is 15.9 Å². The highest BCUT2D eigenvalue weighted by Gasteiger charge is 2.16. The first-order valence-electron chi connectivity index (χ1n) is 10.3. The van der Waals surface area contributed by atoms with Gasteiger partial charge in [0.15, 0.2) is 0 Å². The lowest BCUT2D eigenvalue weighted by atomic mass is 9.95. The molecular formula is C21H29ClFN5S. The summed E-state index contributed by atoms with van der Waals surface area (Å²) in [4.78, 5) is 8.30. The van der Waals surface area contributed by atoms with E-state index >= 15 is 0 Å². The Balaban J connectivity index is 0.000000343. The smallest absolute Gasteiger partial charge is 0.140 e. The number of nitrogens with zero attached hydrogens (tertiary/aromatic N) is 2. The molecule has 1 aromatic heterocycles. The van der Waals surface area contributed by atoms with Crippen molar-refractivity contribution in [2.24, 2.45) is 5.92 Å². The highest BCUT2D eigenvalue weighted by atomic mass is 35.5. The maximum Gasteiger partial charge on any atom is 0.140 e. The predicted octanol–water partition coefficient (Wildman–Crippen LogP) is 5.75. The van der Waals surface area contributed by atoms with Gasteiger partial charge in [0.05, 0.1) is 15.6 Å². The molecule has 1 aliphatic carbocycles. The lowest BCUT2D eigenvalue weighted by molar-refractivity contribution is 0.462. The summed E-state index contributed by atoms with van der Waals surface area (Å²) in [5.74, 6) is 1.24. The summed E-state index contributed by atoms with van der Waals surface area (Å²) in [7, 11) is 0. The van der Waals surface area contributed by atoms with Gasteiger partial charge in [-0.1, -0.05) is 37.8 Å². The summed E-state index contributed by atoms with van der Waals surface area (Å²) < 4.78 is 17.3. The van der Waals surface area contributed by atoms with Crippen LogP contribution < -0.4 is 15.4 Å². The van der Waals surface area contributed by atoms with Crippen LogP contribution in [0.5, 0.6) is 0 Å². The average molecular weight is 438 g/mol. The van der Waals surface area contributed by atoms with Crippen molar-refractivity contribution in [1.82, 2.24) is 15.3 Å². The molecule has 0 radical (unpaired) electrons. The highest BCUT2D eigenvalue weighted by Crippen LogP contribution is 2.33. The van der Waals surface area contributed by atoms with Crippen molar-refractivity contribution in [3.8, 4) is 0 Å². The van der Waals surface area contributed by atoms with Gasteiger partial charge < -0.3 is 15.4 Å². The third-order valence-corrected chi connectivity index (χ3v) is 6.30. The number of nitrogens with one attached hydrogen (secondary N) is 3. The molecular weight excluding hydrogens is 409 g/mol. The Bertz CT molecular complexity index is 752. The van der Waals surface area contributed by atoms with E-state index in [1.54, 1.807) is 18.3 Å². The molecule has 0 bridgehead atoms. The van der Waals surface area contributed by atoms with Crippen LogP contribution in [-0.2, 0) is 0 Å². The number of halogens is 2. The topological polar surface area (TPSA) is 61.9 Å². The van der Waals surface area contributed by atoms with Crippen molar-refractivity contribution in [3.63, 3.8) is 0 Å². The van der Waals surface area contributed by atoms with Gasteiger partial charge >= 0.3 is 0 Å². The van der Waals surface area contributed by atoms with Crippen LogP contribution in [-0.4, -0.2) is 29.1 Å². The second-order valence-corrected chi connectivity index (χ2v) is 8.89. The van der Waals surface area contributed by atoms with E-state index in [9.17, 15) is 4.39 Å². The first-order valence-corrected chi connectivity index (χ1v) is 11.5. The highest BCUT2D eigenvalue weighted by molar-refractivity contribution is 8.00. The van der Waals surface area contributed by atoms with Gasteiger partial charge in [-0.05, 0) is 68.4 Å². The van der Waals surface area contributed by atoms with Crippen molar-refractivity contribution in [2.75, 3.05) is 23.1 Å². The van der Waals surface area contributed by atoms with E-state index in [0.29, 0.717) is 27.5 Å². The molecule has 2 aromatic rings. The van der Waals surface area contributed by atoms with Gasteiger partial charge in [0, 0.05) is 12.2 Å². The van der Waals surface area contributed by atoms with E-state index in [1.807, 2.05) is 0 Å². The normalized spacial score (nSPS) is 19.3. The third-order valence-electron chi connectivity index (χ3n) is 5.14. The Morgan fingerprint density at radius 1 is 1.21 bits per heavy atom. The van der Waals surface area contributed by atoms with E-state index in [4.69, 9.17) is 11.6 Å². The van der Waals surface area contributed by atoms with E-state index in [-0.39, 0.29) is 5.82 Å². The van der Waals surface area contributed by atoms with Gasteiger partial charge in [0.2, 0.25) is 0 Å². The second-order valence-electron chi connectivity index (χ2n) is 7.64. The number of benzene rings is 1. The quantitative estimate of drug-likeness (QED) is 0.518. The van der Waals surface area contributed by atoms with Gasteiger partial charge in [-0.15, -0.1) is 0 Å².